The molecule has 4 aromatic rings. The number of aryl methyl sites for hydroxylation is 2. The summed E-state index contributed by atoms with van der Waals surface area (Å²) >= 11 is 0. The number of aromatic nitrogens is 3. The van der Waals surface area contributed by atoms with Gasteiger partial charge in [0.2, 0.25) is 0 Å². The number of allylic oxidation sites excluding steroid dienone is 2. The van der Waals surface area contributed by atoms with Crippen molar-refractivity contribution in [2.45, 2.75) is 44.9 Å². The molecule has 1 aliphatic rings. The number of nitrogens with two attached hydrogens (primary N) is 1. The van der Waals surface area contributed by atoms with Crippen LogP contribution < -0.4 is 5.73 Å². The molecule has 0 radical (unpaired) electrons. The van der Waals surface area contributed by atoms with E-state index in [0.29, 0.717) is 11.7 Å². The molecular formula is C31H35N5O. The zero-order chi connectivity index (χ0) is 26.1. The van der Waals surface area contributed by atoms with Crippen LogP contribution in [-0.2, 0) is 13.5 Å². The topological polar surface area (TPSA) is 77.0 Å². The number of hydrogen-bond donors (Lipinski definition) is 1. The summed E-state index contributed by atoms with van der Waals surface area (Å²) in [5, 5.41) is 1.14. The molecule has 37 heavy (non-hydrogen) atoms. The molecule has 6 heteroatoms. The highest BCUT2D eigenvalue weighted by molar-refractivity contribution is 5.94. The maximum Gasteiger partial charge on any atom is 0.253 e. The summed E-state index contributed by atoms with van der Waals surface area (Å²) in [7, 11) is 5.69. The van der Waals surface area contributed by atoms with Crippen molar-refractivity contribution in [3.05, 3.63) is 88.9 Å². The van der Waals surface area contributed by atoms with Crippen molar-refractivity contribution in [1.82, 2.24) is 19.4 Å². The predicted octanol–water partition coefficient (Wildman–Crippen LogP) is 6.05. The molecule has 0 bridgehead atoms. The Balaban J connectivity index is 1.33. The maximum absolute atomic E-state index is 12.2. The lowest BCUT2D eigenvalue weighted by molar-refractivity contribution is 0.0827. The molecule has 0 spiro atoms. The molecule has 3 heterocycles. The lowest BCUT2D eigenvalue weighted by Crippen LogP contribution is -2.21. The normalized spacial score (nSPS) is 15.9. The summed E-state index contributed by atoms with van der Waals surface area (Å²) in [6.07, 6.45) is 11.5. The first kappa shape index (κ1) is 24.8. The van der Waals surface area contributed by atoms with Crippen LogP contribution in [0.5, 0.6) is 0 Å². The summed E-state index contributed by atoms with van der Waals surface area (Å²) in [5.74, 6) is 1.13. The molecule has 0 fully saturated rings. The van der Waals surface area contributed by atoms with Crippen molar-refractivity contribution in [1.29, 1.82) is 0 Å². The summed E-state index contributed by atoms with van der Waals surface area (Å²) < 4.78 is 2.22. The van der Waals surface area contributed by atoms with Gasteiger partial charge in [-0.25, -0.2) is 9.97 Å². The Morgan fingerprint density at radius 2 is 1.89 bits per heavy atom. The fraction of sp³-hybridized carbons (Fsp3) is 0.323. The quantitative estimate of drug-likeness (QED) is 0.343. The Bertz CT molecular complexity index is 1480. The van der Waals surface area contributed by atoms with Crippen molar-refractivity contribution >= 4 is 22.8 Å². The van der Waals surface area contributed by atoms with Crippen molar-refractivity contribution in [2.24, 2.45) is 7.05 Å². The molecule has 1 amide bonds. The molecule has 1 unspecified atom stereocenters. The number of hydrogen-bond acceptors (Lipinski definition) is 4. The Kier molecular flexibility index (Phi) is 6.83. The first-order chi connectivity index (χ1) is 17.8. The molecule has 0 aliphatic heterocycles. The number of anilines is 1. The standard InChI is InChI=1S/C31H35N5O/c1-20-16-25(19-34-29(20)32)27-14-15-33-30-28(27)18-26(36(30)4)17-21-6-5-7-22(9-8-21)23-10-12-24(13-11-23)31(37)35(2)3/h6,10-16,18-19,22H,5,7-9,17H2,1-4H3,(H2,32,34). The van der Waals surface area contributed by atoms with Gasteiger partial charge in [-0.15, -0.1) is 0 Å². The average molecular weight is 494 g/mol. The van der Waals surface area contributed by atoms with E-state index in [0.717, 1.165) is 65.4 Å². The van der Waals surface area contributed by atoms with Crippen molar-refractivity contribution in [3.63, 3.8) is 0 Å². The maximum atomic E-state index is 12.2. The SMILES string of the molecule is Cc1cc(-c2ccnc3c2cc(CC2=CCCC(c4ccc(C(=O)N(C)C)cc4)CC2)n3C)cnc1N. The molecule has 0 saturated carbocycles. The zero-order valence-corrected chi connectivity index (χ0v) is 22.2. The monoisotopic (exact) mass is 493 g/mol. The molecule has 1 aliphatic carbocycles. The first-order valence-corrected chi connectivity index (χ1v) is 13.0. The minimum Gasteiger partial charge on any atom is -0.383 e. The molecular weight excluding hydrogens is 458 g/mol. The Labute approximate surface area is 218 Å². The highest BCUT2D eigenvalue weighted by Crippen LogP contribution is 2.35. The highest BCUT2D eigenvalue weighted by Gasteiger charge is 2.19. The molecule has 6 nitrogen and oxygen atoms in total. The zero-order valence-electron chi connectivity index (χ0n) is 22.2. The summed E-state index contributed by atoms with van der Waals surface area (Å²) in [6.45, 7) is 1.99. The molecule has 1 atom stereocenters. The Hall–Kier alpha value is -3.93. The number of carbonyl (C=O) groups excluding carboxylic acids is 1. The highest BCUT2D eigenvalue weighted by atomic mass is 16.2. The van der Waals surface area contributed by atoms with Gasteiger partial charge in [0, 0.05) is 62.2 Å². The predicted molar refractivity (Wildman–Crippen MR) is 151 cm³/mol. The third-order valence-electron chi connectivity index (χ3n) is 7.66. The van der Waals surface area contributed by atoms with E-state index in [1.54, 1.807) is 19.0 Å². The number of nitrogens with zero attached hydrogens (tertiary/aromatic N) is 4. The number of benzene rings is 1. The fourth-order valence-corrected chi connectivity index (χ4v) is 5.40. The summed E-state index contributed by atoms with van der Waals surface area (Å²) in [6, 6.07) is 14.7. The van der Waals surface area contributed by atoms with Gasteiger partial charge >= 0.3 is 0 Å². The largest absolute Gasteiger partial charge is 0.383 e. The van der Waals surface area contributed by atoms with E-state index in [-0.39, 0.29) is 5.91 Å². The molecule has 5 rings (SSSR count). The minimum atomic E-state index is 0.0479. The van der Waals surface area contributed by atoms with Crippen molar-refractivity contribution < 1.29 is 4.79 Å². The van der Waals surface area contributed by atoms with E-state index in [1.165, 1.54) is 16.8 Å². The van der Waals surface area contributed by atoms with Gasteiger partial charge in [-0.3, -0.25) is 4.79 Å². The summed E-state index contributed by atoms with van der Waals surface area (Å²) in [4.78, 5) is 22.9. The van der Waals surface area contributed by atoms with Gasteiger partial charge in [0.1, 0.15) is 11.5 Å². The average Bonchev–Trinajstić information content (AvgIpc) is 3.05. The van der Waals surface area contributed by atoms with Gasteiger partial charge in [-0.2, -0.15) is 0 Å². The van der Waals surface area contributed by atoms with Crippen LogP contribution in [0.4, 0.5) is 5.82 Å². The van der Waals surface area contributed by atoms with Gasteiger partial charge in [-0.05, 0) is 85.5 Å². The molecule has 0 saturated heterocycles. The number of amides is 1. The van der Waals surface area contributed by atoms with Crippen LogP contribution in [-0.4, -0.2) is 39.4 Å². The Morgan fingerprint density at radius 3 is 2.62 bits per heavy atom. The van der Waals surface area contributed by atoms with E-state index in [9.17, 15) is 4.79 Å². The van der Waals surface area contributed by atoms with Crippen LogP contribution in [0.3, 0.4) is 0 Å². The van der Waals surface area contributed by atoms with Gasteiger partial charge in [0.15, 0.2) is 0 Å². The first-order valence-electron chi connectivity index (χ1n) is 13.0. The van der Waals surface area contributed by atoms with E-state index in [4.69, 9.17) is 10.7 Å². The summed E-state index contributed by atoms with van der Waals surface area (Å²) in [5.41, 5.74) is 14.9. The van der Waals surface area contributed by atoms with Crippen LogP contribution in [0.2, 0.25) is 0 Å². The third-order valence-corrected chi connectivity index (χ3v) is 7.66. The van der Waals surface area contributed by atoms with Crippen molar-refractivity contribution in [2.75, 3.05) is 19.8 Å². The molecule has 1 aromatic carbocycles. The fourth-order valence-electron chi connectivity index (χ4n) is 5.40. The second-order valence-corrected chi connectivity index (χ2v) is 10.4. The molecule has 2 N–H and O–H groups in total. The number of fused-ring (bicyclic) bond motifs is 1. The number of pyridine rings is 2. The lowest BCUT2D eigenvalue weighted by atomic mass is 9.90. The van der Waals surface area contributed by atoms with E-state index in [1.807, 2.05) is 31.5 Å². The van der Waals surface area contributed by atoms with Gasteiger partial charge in [0.05, 0.1) is 0 Å². The van der Waals surface area contributed by atoms with Crippen LogP contribution in [0.25, 0.3) is 22.2 Å². The van der Waals surface area contributed by atoms with Crippen LogP contribution in [0.15, 0.2) is 66.5 Å². The van der Waals surface area contributed by atoms with Crippen LogP contribution in [0, 0.1) is 6.92 Å². The van der Waals surface area contributed by atoms with Gasteiger partial charge in [0.25, 0.3) is 5.91 Å². The van der Waals surface area contributed by atoms with Gasteiger partial charge < -0.3 is 15.2 Å². The van der Waals surface area contributed by atoms with Crippen LogP contribution >= 0.6 is 0 Å². The lowest BCUT2D eigenvalue weighted by Gasteiger charge is -2.16. The second kappa shape index (κ2) is 10.2. The minimum absolute atomic E-state index is 0.0479. The van der Waals surface area contributed by atoms with E-state index >= 15 is 0 Å². The third kappa shape index (κ3) is 5.01. The van der Waals surface area contributed by atoms with Crippen molar-refractivity contribution in [3.8, 4) is 11.1 Å². The van der Waals surface area contributed by atoms with Gasteiger partial charge in [-0.1, -0.05) is 23.8 Å². The van der Waals surface area contributed by atoms with E-state index < -0.39 is 0 Å². The molecule has 3 aromatic heterocycles. The Morgan fingerprint density at radius 1 is 1.11 bits per heavy atom. The number of carbonyl (C=O) groups is 1. The van der Waals surface area contributed by atoms with Crippen LogP contribution in [0.1, 0.15) is 58.8 Å². The smallest absolute Gasteiger partial charge is 0.253 e. The van der Waals surface area contributed by atoms with E-state index in [2.05, 4.69) is 53.0 Å². The number of rotatable bonds is 5. The second-order valence-electron chi connectivity index (χ2n) is 10.4. The number of nitrogen functional groups attached to an aromatic ring is 1. The molecule has 190 valence electrons.